The standard InChI is InChI=1S/C17H18N6O3S2/c18-14(24)10-27-17-20-19-16(28-17)23-7-5-22(6-8-23)15(25)9-12-11-3-1-2-4-13(11)26-21-12/h1-4H,5-10H2,(H2,18,24). The lowest BCUT2D eigenvalue weighted by Crippen LogP contribution is -2.49. The van der Waals surface area contributed by atoms with Gasteiger partial charge in [-0.05, 0) is 12.1 Å². The van der Waals surface area contributed by atoms with Gasteiger partial charge in [0, 0.05) is 31.6 Å². The maximum Gasteiger partial charge on any atom is 0.228 e. The Morgan fingerprint density at radius 2 is 1.96 bits per heavy atom. The molecule has 0 unspecified atom stereocenters. The summed E-state index contributed by atoms with van der Waals surface area (Å²) in [4.78, 5) is 27.5. The zero-order chi connectivity index (χ0) is 19.5. The highest BCUT2D eigenvalue weighted by Crippen LogP contribution is 2.28. The number of thioether (sulfide) groups is 1. The Hall–Kier alpha value is -2.66. The van der Waals surface area contributed by atoms with Crippen molar-refractivity contribution in [1.29, 1.82) is 0 Å². The molecule has 0 spiro atoms. The second kappa shape index (κ2) is 8.15. The highest BCUT2D eigenvalue weighted by molar-refractivity contribution is 8.01. The van der Waals surface area contributed by atoms with Gasteiger partial charge in [0.05, 0.1) is 12.2 Å². The van der Waals surface area contributed by atoms with Gasteiger partial charge in [-0.3, -0.25) is 9.59 Å². The van der Waals surface area contributed by atoms with E-state index in [1.165, 1.54) is 23.1 Å². The van der Waals surface area contributed by atoms with Crippen molar-refractivity contribution in [2.75, 3.05) is 36.8 Å². The molecule has 1 aliphatic heterocycles. The molecule has 0 saturated carbocycles. The zero-order valence-electron chi connectivity index (χ0n) is 14.9. The average molecular weight is 419 g/mol. The summed E-state index contributed by atoms with van der Waals surface area (Å²) in [6.07, 6.45) is 0.226. The topological polar surface area (TPSA) is 118 Å². The van der Waals surface area contributed by atoms with Crippen molar-refractivity contribution >= 4 is 51.0 Å². The summed E-state index contributed by atoms with van der Waals surface area (Å²) in [7, 11) is 0. The Kier molecular flexibility index (Phi) is 5.44. The number of anilines is 1. The number of fused-ring (bicyclic) bond motifs is 1. The van der Waals surface area contributed by atoms with Gasteiger partial charge in [-0.2, -0.15) is 0 Å². The van der Waals surface area contributed by atoms with Crippen LogP contribution in [0, 0.1) is 0 Å². The first-order chi connectivity index (χ1) is 13.6. The van der Waals surface area contributed by atoms with E-state index in [1.807, 2.05) is 29.2 Å². The van der Waals surface area contributed by atoms with Gasteiger partial charge < -0.3 is 20.1 Å². The fourth-order valence-electron chi connectivity index (χ4n) is 2.99. The molecule has 2 aromatic heterocycles. The first-order valence-electron chi connectivity index (χ1n) is 8.71. The van der Waals surface area contributed by atoms with Crippen LogP contribution in [-0.4, -0.2) is 64.0 Å². The van der Waals surface area contributed by atoms with Crippen molar-refractivity contribution < 1.29 is 14.1 Å². The number of rotatable bonds is 6. The van der Waals surface area contributed by atoms with Gasteiger partial charge in [0.2, 0.25) is 16.9 Å². The van der Waals surface area contributed by atoms with Gasteiger partial charge >= 0.3 is 0 Å². The summed E-state index contributed by atoms with van der Waals surface area (Å²) in [6.45, 7) is 2.58. The van der Waals surface area contributed by atoms with E-state index in [4.69, 9.17) is 10.3 Å². The number of amides is 2. The SMILES string of the molecule is NC(=O)CSc1nnc(N2CCN(C(=O)Cc3noc4ccccc34)CC2)s1. The Balaban J connectivity index is 1.32. The molecule has 1 fully saturated rings. The molecule has 9 nitrogen and oxygen atoms in total. The molecule has 28 heavy (non-hydrogen) atoms. The summed E-state index contributed by atoms with van der Waals surface area (Å²) in [5.41, 5.74) is 6.51. The number of nitrogens with two attached hydrogens (primary N) is 1. The van der Waals surface area contributed by atoms with Crippen LogP contribution in [0.1, 0.15) is 5.69 Å². The first kappa shape index (κ1) is 18.7. The summed E-state index contributed by atoms with van der Waals surface area (Å²) < 4.78 is 5.99. The smallest absolute Gasteiger partial charge is 0.228 e. The van der Waals surface area contributed by atoms with E-state index < -0.39 is 0 Å². The highest BCUT2D eigenvalue weighted by atomic mass is 32.2. The van der Waals surface area contributed by atoms with Crippen molar-refractivity contribution in [3.63, 3.8) is 0 Å². The minimum Gasteiger partial charge on any atom is -0.369 e. The molecule has 2 N–H and O–H groups in total. The first-order valence-corrected chi connectivity index (χ1v) is 10.5. The van der Waals surface area contributed by atoms with Crippen LogP contribution in [0.5, 0.6) is 0 Å². The molecule has 1 aliphatic rings. The lowest BCUT2D eigenvalue weighted by molar-refractivity contribution is -0.130. The van der Waals surface area contributed by atoms with Crippen molar-refractivity contribution in [2.24, 2.45) is 5.73 Å². The molecule has 0 atom stereocenters. The number of primary amides is 1. The maximum absolute atomic E-state index is 12.7. The third kappa shape index (κ3) is 4.09. The molecule has 3 heterocycles. The highest BCUT2D eigenvalue weighted by Gasteiger charge is 2.24. The number of benzene rings is 1. The van der Waals surface area contributed by atoms with E-state index >= 15 is 0 Å². The summed E-state index contributed by atoms with van der Waals surface area (Å²) >= 11 is 2.71. The normalized spacial score (nSPS) is 14.6. The third-order valence-electron chi connectivity index (χ3n) is 4.41. The lowest BCUT2D eigenvalue weighted by Gasteiger charge is -2.34. The number of carbonyl (C=O) groups excluding carboxylic acids is 2. The molecule has 1 saturated heterocycles. The molecular weight excluding hydrogens is 400 g/mol. The second-order valence-electron chi connectivity index (χ2n) is 6.28. The Bertz CT molecular complexity index is 996. The van der Waals surface area contributed by atoms with Gasteiger partial charge in [-0.15, -0.1) is 10.2 Å². The number of aromatic nitrogens is 3. The van der Waals surface area contributed by atoms with Crippen molar-refractivity contribution in [3.05, 3.63) is 30.0 Å². The minimum absolute atomic E-state index is 0.0358. The maximum atomic E-state index is 12.7. The minimum atomic E-state index is -0.381. The van der Waals surface area contributed by atoms with Crippen molar-refractivity contribution in [1.82, 2.24) is 20.3 Å². The number of para-hydroxylation sites is 1. The van der Waals surface area contributed by atoms with E-state index in [2.05, 4.69) is 20.3 Å². The quantitative estimate of drug-likeness (QED) is 0.592. The number of hydrogen-bond donors (Lipinski definition) is 1. The van der Waals surface area contributed by atoms with Crippen LogP contribution in [0.15, 0.2) is 33.1 Å². The zero-order valence-corrected chi connectivity index (χ0v) is 16.5. The van der Waals surface area contributed by atoms with Crippen LogP contribution >= 0.6 is 23.1 Å². The molecule has 11 heteroatoms. The fourth-order valence-corrected chi connectivity index (χ4v) is 4.62. The van der Waals surface area contributed by atoms with Crippen LogP contribution in [0.3, 0.4) is 0 Å². The molecule has 3 aromatic rings. The Morgan fingerprint density at radius 1 is 1.18 bits per heavy atom. The second-order valence-corrected chi connectivity index (χ2v) is 8.45. The summed E-state index contributed by atoms with van der Waals surface area (Å²) in [6, 6.07) is 7.54. The van der Waals surface area contributed by atoms with Gasteiger partial charge in [-0.25, -0.2) is 0 Å². The molecule has 4 rings (SSSR count). The molecular formula is C17H18N6O3S2. The van der Waals surface area contributed by atoms with E-state index in [1.54, 1.807) is 0 Å². The van der Waals surface area contributed by atoms with E-state index in [-0.39, 0.29) is 24.0 Å². The largest absolute Gasteiger partial charge is 0.369 e. The van der Waals surface area contributed by atoms with Gasteiger partial charge in [-0.1, -0.05) is 40.4 Å². The lowest BCUT2D eigenvalue weighted by atomic mass is 10.1. The Morgan fingerprint density at radius 3 is 2.75 bits per heavy atom. The molecule has 2 amide bonds. The van der Waals surface area contributed by atoms with E-state index in [0.29, 0.717) is 41.8 Å². The van der Waals surface area contributed by atoms with Crippen LogP contribution in [0.2, 0.25) is 0 Å². The van der Waals surface area contributed by atoms with Crippen LogP contribution < -0.4 is 10.6 Å². The number of carbonyl (C=O) groups is 2. The fraction of sp³-hybridized carbons (Fsp3) is 0.353. The van der Waals surface area contributed by atoms with E-state index in [0.717, 1.165) is 10.5 Å². The third-order valence-corrected chi connectivity index (χ3v) is 6.55. The molecule has 0 aliphatic carbocycles. The summed E-state index contributed by atoms with van der Waals surface area (Å²) in [5.74, 6) is -0.157. The predicted octanol–water partition coefficient (Wildman–Crippen LogP) is 1.15. The number of piperazine rings is 1. The van der Waals surface area contributed by atoms with Crippen LogP contribution in [-0.2, 0) is 16.0 Å². The van der Waals surface area contributed by atoms with Crippen LogP contribution in [0.25, 0.3) is 11.0 Å². The van der Waals surface area contributed by atoms with Crippen LogP contribution in [0.4, 0.5) is 5.13 Å². The van der Waals surface area contributed by atoms with Gasteiger partial charge in [0.15, 0.2) is 9.92 Å². The van der Waals surface area contributed by atoms with Gasteiger partial charge in [0.25, 0.3) is 0 Å². The van der Waals surface area contributed by atoms with Crippen molar-refractivity contribution in [3.8, 4) is 0 Å². The number of hydrogen-bond acceptors (Lipinski definition) is 9. The number of nitrogens with zero attached hydrogens (tertiary/aromatic N) is 5. The van der Waals surface area contributed by atoms with Crippen molar-refractivity contribution in [2.45, 2.75) is 10.8 Å². The van der Waals surface area contributed by atoms with Gasteiger partial charge in [0.1, 0.15) is 5.69 Å². The Labute approximate surface area is 168 Å². The summed E-state index contributed by atoms with van der Waals surface area (Å²) in [5, 5.41) is 14.0. The van der Waals surface area contributed by atoms with E-state index in [9.17, 15) is 9.59 Å². The molecule has 1 aromatic carbocycles. The predicted molar refractivity (Wildman–Crippen MR) is 106 cm³/mol. The molecule has 0 radical (unpaired) electrons. The average Bonchev–Trinajstić information content (AvgIpc) is 3.34. The monoisotopic (exact) mass is 418 g/mol. The molecule has 0 bridgehead atoms. The molecule has 146 valence electrons.